The lowest BCUT2D eigenvalue weighted by atomic mass is 10.3. The maximum Gasteiger partial charge on any atom is 0.263 e. The standard InChI is InChI=1S/C8H12N2O2S/c1-5(11)4-10-8(12)7-6(9)2-3-13-7/h2-3,5,11H,4,9H2,1H3,(H,10,12). The van der Waals surface area contributed by atoms with Crippen LogP contribution in [0.1, 0.15) is 16.6 Å². The van der Waals surface area contributed by atoms with Crippen molar-refractivity contribution < 1.29 is 9.90 Å². The molecule has 72 valence electrons. The van der Waals surface area contributed by atoms with E-state index in [4.69, 9.17) is 10.8 Å². The molecule has 5 heteroatoms. The highest BCUT2D eigenvalue weighted by molar-refractivity contribution is 7.12. The van der Waals surface area contributed by atoms with Crippen molar-refractivity contribution in [1.82, 2.24) is 5.32 Å². The zero-order valence-corrected chi connectivity index (χ0v) is 8.10. The molecule has 0 spiro atoms. The Morgan fingerprint density at radius 1 is 1.85 bits per heavy atom. The van der Waals surface area contributed by atoms with Crippen LogP contribution >= 0.6 is 11.3 Å². The number of rotatable bonds is 3. The molecule has 4 N–H and O–H groups in total. The van der Waals surface area contributed by atoms with E-state index in [0.29, 0.717) is 10.6 Å². The van der Waals surface area contributed by atoms with Crippen LogP contribution in [0.2, 0.25) is 0 Å². The van der Waals surface area contributed by atoms with E-state index >= 15 is 0 Å². The molecule has 0 saturated carbocycles. The number of anilines is 1. The van der Waals surface area contributed by atoms with Crippen molar-refractivity contribution in [1.29, 1.82) is 0 Å². The van der Waals surface area contributed by atoms with Gasteiger partial charge in [-0.3, -0.25) is 4.79 Å². The summed E-state index contributed by atoms with van der Waals surface area (Å²) < 4.78 is 0. The number of nitrogens with one attached hydrogen (secondary N) is 1. The number of carbonyl (C=O) groups is 1. The monoisotopic (exact) mass is 200 g/mol. The highest BCUT2D eigenvalue weighted by Gasteiger charge is 2.10. The van der Waals surface area contributed by atoms with Gasteiger partial charge in [-0.25, -0.2) is 0 Å². The van der Waals surface area contributed by atoms with Gasteiger partial charge in [0.2, 0.25) is 0 Å². The van der Waals surface area contributed by atoms with Gasteiger partial charge in [0, 0.05) is 6.54 Å². The molecule has 1 atom stereocenters. The van der Waals surface area contributed by atoms with Gasteiger partial charge >= 0.3 is 0 Å². The zero-order valence-electron chi connectivity index (χ0n) is 7.28. The lowest BCUT2D eigenvalue weighted by molar-refractivity contribution is 0.0929. The molecule has 4 nitrogen and oxygen atoms in total. The average Bonchev–Trinajstić information content (AvgIpc) is 2.47. The summed E-state index contributed by atoms with van der Waals surface area (Å²) in [5.41, 5.74) is 6.01. The van der Waals surface area contributed by atoms with Crippen LogP contribution in [0.5, 0.6) is 0 Å². The first-order valence-corrected chi connectivity index (χ1v) is 4.78. The topological polar surface area (TPSA) is 75.3 Å². The molecule has 1 aromatic rings. The van der Waals surface area contributed by atoms with E-state index in [0.717, 1.165) is 0 Å². The minimum absolute atomic E-state index is 0.228. The Balaban J connectivity index is 2.54. The summed E-state index contributed by atoms with van der Waals surface area (Å²) in [6.07, 6.45) is -0.537. The second-order valence-corrected chi connectivity index (χ2v) is 3.68. The molecule has 0 saturated heterocycles. The Bertz CT molecular complexity index is 296. The molecule has 1 aromatic heterocycles. The van der Waals surface area contributed by atoms with E-state index in [1.165, 1.54) is 11.3 Å². The molecule has 1 rings (SSSR count). The van der Waals surface area contributed by atoms with Crippen molar-refractivity contribution in [3.8, 4) is 0 Å². The van der Waals surface area contributed by atoms with Gasteiger partial charge in [0.25, 0.3) is 5.91 Å². The molecule has 1 heterocycles. The minimum atomic E-state index is -0.537. The highest BCUT2D eigenvalue weighted by atomic mass is 32.1. The number of hydrogen-bond acceptors (Lipinski definition) is 4. The molecule has 13 heavy (non-hydrogen) atoms. The molecule has 0 bridgehead atoms. The van der Waals surface area contributed by atoms with Crippen molar-refractivity contribution in [3.05, 3.63) is 16.3 Å². The van der Waals surface area contributed by atoms with Gasteiger partial charge < -0.3 is 16.2 Å². The highest BCUT2D eigenvalue weighted by Crippen LogP contribution is 2.17. The second-order valence-electron chi connectivity index (χ2n) is 2.76. The molecule has 0 aliphatic carbocycles. The van der Waals surface area contributed by atoms with E-state index in [1.54, 1.807) is 18.4 Å². The van der Waals surface area contributed by atoms with Gasteiger partial charge in [-0.05, 0) is 18.4 Å². The first-order valence-electron chi connectivity index (χ1n) is 3.90. The number of thiophene rings is 1. The van der Waals surface area contributed by atoms with E-state index in [-0.39, 0.29) is 12.5 Å². The third kappa shape index (κ3) is 2.71. The van der Waals surface area contributed by atoms with E-state index in [2.05, 4.69) is 5.32 Å². The Morgan fingerprint density at radius 2 is 2.54 bits per heavy atom. The van der Waals surface area contributed by atoms with Crippen LogP contribution < -0.4 is 11.1 Å². The van der Waals surface area contributed by atoms with Crippen LogP contribution in [-0.4, -0.2) is 23.7 Å². The van der Waals surface area contributed by atoms with Gasteiger partial charge in [0.1, 0.15) is 4.88 Å². The number of carbonyl (C=O) groups excluding carboxylic acids is 1. The lowest BCUT2D eigenvalue weighted by Crippen LogP contribution is -2.30. The van der Waals surface area contributed by atoms with Crippen LogP contribution in [0, 0.1) is 0 Å². The number of nitrogen functional groups attached to an aromatic ring is 1. The number of hydrogen-bond donors (Lipinski definition) is 3. The zero-order chi connectivity index (χ0) is 9.84. The van der Waals surface area contributed by atoms with Crippen molar-refractivity contribution in [2.45, 2.75) is 13.0 Å². The van der Waals surface area contributed by atoms with Crippen LogP contribution in [0.25, 0.3) is 0 Å². The summed E-state index contributed by atoms with van der Waals surface area (Å²) in [6.45, 7) is 1.86. The van der Waals surface area contributed by atoms with Crippen molar-refractivity contribution >= 4 is 22.9 Å². The van der Waals surface area contributed by atoms with Gasteiger partial charge in [-0.15, -0.1) is 11.3 Å². The van der Waals surface area contributed by atoms with Crippen LogP contribution in [0.4, 0.5) is 5.69 Å². The van der Waals surface area contributed by atoms with Crippen molar-refractivity contribution in [2.75, 3.05) is 12.3 Å². The summed E-state index contributed by atoms with van der Waals surface area (Å²) in [6, 6.07) is 1.68. The van der Waals surface area contributed by atoms with Gasteiger partial charge in [0.05, 0.1) is 11.8 Å². The molecular formula is C8H12N2O2S. The van der Waals surface area contributed by atoms with Crippen LogP contribution in [0.15, 0.2) is 11.4 Å². The van der Waals surface area contributed by atoms with E-state index < -0.39 is 6.10 Å². The van der Waals surface area contributed by atoms with Crippen LogP contribution in [-0.2, 0) is 0 Å². The average molecular weight is 200 g/mol. The fourth-order valence-electron chi connectivity index (χ4n) is 0.824. The lowest BCUT2D eigenvalue weighted by Gasteiger charge is -2.05. The fraction of sp³-hybridized carbons (Fsp3) is 0.375. The Hall–Kier alpha value is -1.07. The van der Waals surface area contributed by atoms with E-state index in [9.17, 15) is 4.79 Å². The molecule has 1 unspecified atom stereocenters. The minimum Gasteiger partial charge on any atom is -0.397 e. The molecule has 0 aromatic carbocycles. The number of nitrogens with two attached hydrogens (primary N) is 1. The number of amides is 1. The molecule has 0 fully saturated rings. The summed E-state index contributed by atoms with van der Waals surface area (Å²) in [7, 11) is 0. The molecule has 1 amide bonds. The summed E-state index contributed by atoms with van der Waals surface area (Å²) in [5.74, 6) is -0.228. The van der Waals surface area contributed by atoms with Gasteiger partial charge in [0.15, 0.2) is 0 Å². The van der Waals surface area contributed by atoms with Gasteiger partial charge in [-0.2, -0.15) is 0 Å². The maximum absolute atomic E-state index is 11.3. The van der Waals surface area contributed by atoms with Crippen molar-refractivity contribution in [3.63, 3.8) is 0 Å². The molecule has 0 aliphatic heterocycles. The quantitative estimate of drug-likeness (QED) is 0.662. The van der Waals surface area contributed by atoms with Crippen molar-refractivity contribution in [2.24, 2.45) is 0 Å². The van der Waals surface area contributed by atoms with Gasteiger partial charge in [-0.1, -0.05) is 0 Å². The molecular weight excluding hydrogens is 188 g/mol. The number of aliphatic hydroxyl groups is 1. The first kappa shape index (κ1) is 10.0. The Labute approximate surface area is 80.4 Å². The SMILES string of the molecule is CC(O)CNC(=O)c1sccc1N. The number of aliphatic hydroxyl groups excluding tert-OH is 1. The van der Waals surface area contributed by atoms with Crippen LogP contribution in [0.3, 0.4) is 0 Å². The third-order valence-electron chi connectivity index (χ3n) is 1.46. The summed E-state index contributed by atoms with van der Waals surface area (Å²) >= 11 is 1.29. The molecule has 0 aliphatic rings. The predicted molar refractivity (Wildman–Crippen MR) is 52.7 cm³/mol. The fourth-order valence-corrected chi connectivity index (χ4v) is 1.56. The smallest absolute Gasteiger partial charge is 0.263 e. The predicted octanol–water partition coefficient (Wildman–Crippen LogP) is 0.441. The Kier molecular flexibility index (Phi) is 3.27. The summed E-state index contributed by atoms with van der Waals surface area (Å²) in [4.78, 5) is 11.8. The Morgan fingerprint density at radius 3 is 3.00 bits per heavy atom. The summed E-state index contributed by atoms with van der Waals surface area (Å²) in [5, 5.41) is 13.2. The largest absolute Gasteiger partial charge is 0.397 e. The maximum atomic E-state index is 11.3. The third-order valence-corrected chi connectivity index (χ3v) is 2.39. The second kappa shape index (κ2) is 4.25. The van der Waals surface area contributed by atoms with E-state index in [1.807, 2.05) is 0 Å². The normalized spacial score (nSPS) is 12.5. The molecule has 0 radical (unpaired) electrons. The first-order chi connectivity index (χ1) is 6.11.